The molecule has 0 radical (unpaired) electrons. The van der Waals surface area contributed by atoms with Gasteiger partial charge in [-0.05, 0) is 70.5 Å². The third kappa shape index (κ3) is 7.52. The zero-order valence-corrected chi connectivity index (χ0v) is 27.1. The molecule has 4 aromatic rings. The molecule has 10 heteroatoms. The number of hydrogen-bond donors (Lipinski definition) is 2. The molecule has 2 atom stereocenters. The largest absolute Gasteiger partial charge is 0.481 e. The topological polar surface area (TPSA) is 109 Å². The van der Waals surface area contributed by atoms with Gasteiger partial charge >= 0.3 is 5.97 Å². The highest BCUT2D eigenvalue weighted by atomic mass is 35.5. The highest BCUT2D eigenvalue weighted by molar-refractivity contribution is 6.33. The van der Waals surface area contributed by atoms with Gasteiger partial charge in [0.05, 0.1) is 30.7 Å². The van der Waals surface area contributed by atoms with Gasteiger partial charge < -0.3 is 20.1 Å². The first-order valence-electron chi connectivity index (χ1n) is 15.1. The average molecular weight is 661 g/mol. The van der Waals surface area contributed by atoms with Crippen LogP contribution in [-0.4, -0.2) is 46.4 Å². The van der Waals surface area contributed by atoms with Crippen LogP contribution in [0, 0.1) is 0 Å². The van der Waals surface area contributed by atoms with Gasteiger partial charge in [-0.3, -0.25) is 14.4 Å². The van der Waals surface area contributed by atoms with Crippen molar-refractivity contribution in [3.63, 3.8) is 0 Å². The average Bonchev–Trinajstić information content (AvgIpc) is 3.49. The van der Waals surface area contributed by atoms with Crippen molar-refractivity contribution in [3.8, 4) is 17.0 Å². The van der Waals surface area contributed by atoms with Crippen LogP contribution in [0.15, 0.2) is 79.0 Å². The molecule has 1 aliphatic heterocycles. The molecule has 2 heterocycles. The number of amides is 2. The molecule has 8 nitrogen and oxygen atoms in total. The van der Waals surface area contributed by atoms with E-state index in [0.29, 0.717) is 34.6 Å². The van der Waals surface area contributed by atoms with Crippen LogP contribution < -0.4 is 10.1 Å². The Morgan fingerprint density at radius 2 is 1.65 bits per heavy atom. The van der Waals surface area contributed by atoms with Crippen LogP contribution in [0.4, 0.5) is 0 Å². The number of rotatable bonds is 12. The number of aromatic nitrogens is 1. The number of ether oxygens (including phenoxy) is 1. The number of carbonyl (C=O) groups excluding carboxylic acids is 2. The fraction of sp³-hybridized carbons (Fsp3) is 0.278. The molecule has 2 amide bonds. The van der Waals surface area contributed by atoms with Crippen molar-refractivity contribution in [3.05, 3.63) is 117 Å². The number of nitrogens with zero attached hydrogens (tertiary/aromatic N) is 2. The molecule has 1 aliphatic rings. The van der Waals surface area contributed by atoms with Crippen LogP contribution in [0.3, 0.4) is 0 Å². The highest BCUT2D eigenvalue weighted by Gasteiger charge is 2.36. The number of carboxylic acid groups (broad SMARTS) is 1. The standard InChI is InChI=1S/C36H35Cl2N3O5/c1-3-4-29(22-5-7-24(8-6-22)35(44)39-16-15-33(42)43)34(23-11-13-28(37)14-12-23)36(45)41-20-26-10-9-25(17-27(26)21-41)30-18-32(46-2)40-19-31(30)38/h5-14,17-19,29,34H,3-4,15-16,20-21H2,1-2H3,(H,39,44)(H,42,43). The fourth-order valence-electron chi connectivity index (χ4n) is 5.99. The van der Waals surface area contributed by atoms with Crippen molar-refractivity contribution in [2.45, 2.75) is 51.1 Å². The van der Waals surface area contributed by atoms with Gasteiger partial charge in [-0.1, -0.05) is 72.9 Å². The monoisotopic (exact) mass is 659 g/mol. The van der Waals surface area contributed by atoms with E-state index in [1.165, 1.54) is 0 Å². The van der Waals surface area contributed by atoms with Crippen molar-refractivity contribution in [2.24, 2.45) is 0 Å². The maximum atomic E-state index is 14.6. The summed E-state index contributed by atoms with van der Waals surface area (Å²) in [6, 6.07) is 22.6. The number of nitrogens with one attached hydrogen (secondary N) is 1. The van der Waals surface area contributed by atoms with Gasteiger partial charge in [0, 0.05) is 41.9 Å². The lowest BCUT2D eigenvalue weighted by atomic mass is 9.77. The Morgan fingerprint density at radius 1 is 0.957 bits per heavy atom. The van der Waals surface area contributed by atoms with Crippen LogP contribution in [0.5, 0.6) is 5.88 Å². The molecule has 0 aliphatic carbocycles. The van der Waals surface area contributed by atoms with Gasteiger partial charge in [-0.25, -0.2) is 4.98 Å². The van der Waals surface area contributed by atoms with Crippen LogP contribution in [0.2, 0.25) is 10.0 Å². The number of hydrogen-bond acceptors (Lipinski definition) is 5. The van der Waals surface area contributed by atoms with Crippen molar-refractivity contribution < 1.29 is 24.2 Å². The summed E-state index contributed by atoms with van der Waals surface area (Å²) in [5.74, 6) is -1.48. The zero-order chi connectivity index (χ0) is 32.8. The second-order valence-corrected chi connectivity index (χ2v) is 12.2. The SMILES string of the molecule is CCCC(c1ccc(C(=O)NCCC(=O)O)cc1)C(C(=O)N1Cc2ccc(-c3cc(OC)ncc3Cl)cc2C1)c1ccc(Cl)cc1. The van der Waals surface area contributed by atoms with Crippen LogP contribution in [0.25, 0.3) is 11.1 Å². The summed E-state index contributed by atoms with van der Waals surface area (Å²) >= 11 is 12.7. The lowest BCUT2D eigenvalue weighted by Gasteiger charge is -2.31. The van der Waals surface area contributed by atoms with Gasteiger partial charge in [0.2, 0.25) is 11.8 Å². The number of carboxylic acids is 1. The van der Waals surface area contributed by atoms with Crippen molar-refractivity contribution in [1.29, 1.82) is 0 Å². The fourth-order valence-corrected chi connectivity index (χ4v) is 6.33. The summed E-state index contributed by atoms with van der Waals surface area (Å²) in [5.41, 5.74) is 6.10. The summed E-state index contributed by atoms with van der Waals surface area (Å²) in [6.07, 6.45) is 3.01. The molecule has 5 rings (SSSR count). The summed E-state index contributed by atoms with van der Waals surface area (Å²) < 4.78 is 5.30. The third-order valence-corrected chi connectivity index (χ3v) is 8.87. The predicted octanol–water partition coefficient (Wildman–Crippen LogP) is 7.48. The van der Waals surface area contributed by atoms with Gasteiger partial charge in [-0.2, -0.15) is 0 Å². The molecule has 238 valence electrons. The van der Waals surface area contributed by atoms with E-state index in [1.54, 1.807) is 31.5 Å². The summed E-state index contributed by atoms with van der Waals surface area (Å²) in [6.45, 7) is 3.08. The maximum Gasteiger partial charge on any atom is 0.305 e. The van der Waals surface area contributed by atoms with Crippen molar-refractivity contribution >= 4 is 41.0 Å². The summed E-state index contributed by atoms with van der Waals surface area (Å²) in [4.78, 5) is 44.0. The number of pyridine rings is 1. The van der Waals surface area contributed by atoms with Gasteiger partial charge in [0.15, 0.2) is 0 Å². The minimum absolute atomic E-state index is 0.0117. The van der Waals surface area contributed by atoms with E-state index in [-0.39, 0.29) is 30.7 Å². The van der Waals surface area contributed by atoms with E-state index in [2.05, 4.69) is 23.3 Å². The number of fused-ring (bicyclic) bond motifs is 1. The third-order valence-electron chi connectivity index (χ3n) is 8.31. The molecule has 2 N–H and O–H groups in total. The Labute approximate surface area is 278 Å². The predicted molar refractivity (Wildman–Crippen MR) is 178 cm³/mol. The Kier molecular flexibility index (Phi) is 10.6. The molecular weight excluding hydrogens is 625 g/mol. The maximum absolute atomic E-state index is 14.6. The van der Waals surface area contributed by atoms with Gasteiger partial charge in [-0.15, -0.1) is 0 Å². The number of carbonyl (C=O) groups is 3. The Morgan fingerprint density at radius 3 is 2.33 bits per heavy atom. The second kappa shape index (κ2) is 14.8. The Hall–Kier alpha value is -4.40. The number of methoxy groups -OCH3 is 1. The van der Waals surface area contributed by atoms with Crippen LogP contribution in [-0.2, 0) is 22.7 Å². The van der Waals surface area contributed by atoms with Crippen LogP contribution >= 0.6 is 23.2 Å². The summed E-state index contributed by atoms with van der Waals surface area (Å²) in [7, 11) is 1.56. The smallest absolute Gasteiger partial charge is 0.305 e. The first-order valence-corrected chi connectivity index (χ1v) is 15.9. The first kappa shape index (κ1) is 33.0. The molecular formula is C36H35Cl2N3O5. The lowest BCUT2D eigenvalue weighted by molar-refractivity contribution is -0.137. The minimum Gasteiger partial charge on any atom is -0.481 e. The minimum atomic E-state index is -0.976. The Bertz CT molecular complexity index is 1730. The highest BCUT2D eigenvalue weighted by Crippen LogP contribution is 2.41. The number of halogens is 2. The molecule has 0 bridgehead atoms. The molecule has 46 heavy (non-hydrogen) atoms. The molecule has 0 saturated carbocycles. The first-order chi connectivity index (χ1) is 22.2. The van der Waals surface area contributed by atoms with E-state index in [0.717, 1.165) is 46.2 Å². The van der Waals surface area contributed by atoms with Gasteiger partial charge in [0.25, 0.3) is 5.91 Å². The number of aliphatic carboxylic acids is 1. The quantitative estimate of drug-likeness (QED) is 0.163. The van der Waals surface area contributed by atoms with E-state index in [1.807, 2.05) is 53.4 Å². The molecule has 0 spiro atoms. The van der Waals surface area contributed by atoms with E-state index in [4.69, 9.17) is 33.0 Å². The van der Waals surface area contributed by atoms with Crippen molar-refractivity contribution in [2.75, 3.05) is 13.7 Å². The van der Waals surface area contributed by atoms with Crippen LogP contribution in [0.1, 0.15) is 70.6 Å². The van der Waals surface area contributed by atoms with E-state index >= 15 is 0 Å². The molecule has 1 aromatic heterocycles. The lowest BCUT2D eigenvalue weighted by Crippen LogP contribution is -2.34. The molecule has 2 unspecified atom stereocenters. The molecule has 0 saturated heterocycles. The normalized spacial score (nSPS) is 13.5. The van der Waals surface area contributed by atoms with Crippen molar-refractivity contribution in [1.82, 2.24) is 15.2 Å². The summed E-state index contributed by atoms with van der Waals surface area (Å²) in [5, 5.41) is 12.6. The van der Waals surface area contributed by atoms with E-state index < -0.39 is 11.9 Å². The second-order valence-electron chi connectivity index (χ2n) is 11.3. The van der Waals surface area contributed by atoms with Gasteiger partial charge in [0.1, 0.15) is 0 Å². The Balaban J connectivity index is 1.43. The molecule has 3 aromatic carbocycles. The molecule has 0 fully saturated rings. The number of benzene rings is 3. The van der Waals surface area contributed by atoms with E-state index in [9.17, 15) is 14.4 Å². The zero-order valence-electron chi connectivity index (χ0n) is 25.6.